The van der Waals surface area contributed by atoms with Crippen LogP contribution < -0.4 is 5.73 Å². The summed E-state index contributed by atoms with van der Waals surface area (Å²) in [6.07, 6.45) is 3.06. The Morgan fingerprint density at radius 2 is 2.16 bits per heavy atom. The van der Waals surface area contributed by atoms with E-state index in [4.69, 9.17) is 5.73 Å². The third-order valence-corrected chi connectivity index (χ3v) is 2.98. The lowest BCUT2D eigenvalue weighted by Gasteiger charge is -2.05. The summed E-state index contributed by atoms with van der Waals surface area (Å²) in [6, 6.07) is 1.69. The molecule has 19 heavy (non-hydrogen) atoms. The number of methoxy groups -OCH3 is 1. The summed E-state index contributed by atoms with van der Waals surface area (Å²) in [5, 5.41) is 5.60. The first-order chi connectivity index (χ1) is 9.11. The van der Waals surface area contributed by atoms with Crippen LogP contribution in [0.3, 0.4) is 0 Å². The van der Waals surface area contributed by atoms with E-state index < -0.39 is 5.97 Å². The maximum atomic E-state index is 11.6. The molecule has 0 saturated heterocycles. The number of esters is 1. The van der Waals surface area contributed by atoms with Crippen LogP contribution in [-0.4, -0.2) is 32.8 Å². The van der Waals surface area contributed by atoms with E-state index in [1.165, 1.54) is 13.3 Å². The first-order valence-corrected chi connectivity index (χ1v) is 5.57. The molecule has 0 aliphatic heterocycles. The van der Waals surface area contributed by atoms with Crippen LogP contribution in [0.5, 0.6) is 0 Å². The standard InChI is InChI=1S/C12H11N5O2/c1-17-9-7-3-6(12(18)19-2)4-14-11(7)16-10(13)8(9)5-15-17/h3-5H,1-2H3,(H2,13,14,16). The number of aryl methyl sites for hydroxylation is 1. The number of nitrogens with zero attached hydrogens (tertiary/aromatic N) is 4. The summed E-state index contributed by atoms with van der Waals surface area (Å²) in [4.78, 5) is 19.9. The molecule has 7 heteroatoms. The van der Waals surface area contributed by atoms with Crippen LogP contribution >= 0.6 is 0 Å². The van der Waals surface area contributed by atoms with Gasteiger partial charge in [-0.1, -0.05) is 0 Å². The zero-order valence-electron chi connectivity index (χ0n) is 10.4. The summed E-state index contributed by atoms with van der Waals surface area (Å²) in [7, 11) is 3.12. The number of nitrogens with two attached hydrogens (primary N) is 1. The van der Waals surface area contributed by atoms with Crippen molar-refractivity contribution in [1.29, 1.82) is 0 Å². The number of nitrogen functional groups attached to an aromatic ring is 1. The first-order valence-electron chi connectivity index (χ1n) is 5.57. The fourth-order valence-electron chi connectivity index (χ4n) is 2.07. The van der Waals surface area contributed by atoms with E-state index in [2.05, 4.69) is 19.8 Å². The number of anilines is 1. The molecule has 0 saturated carbocycles. The molecule has 0 fully saturated rings. The van der Waals surface area contributed by atoms with E-state index in [0.29, 0.717) is 22.4 Å². The Labute approximate surface area is 108 Å². The monoisotopic (exact) mass is 257 g/mol. The molecule has 0 bridgehead atoms. The summed E-state index contributed by atoms with van der Waals surface area (Å²) in [6.45, 7) is 0. The van der Waals surface area contributed by atoms with Crippen molar-refractivity contribution in [2.75, 3.05) is 12.8 Å². The smallest absolute Gasteiger partial charge is 0.339 e. The third-order valence-electron chi connectivity index (χ3n) is 2.98. The van der Waals surface area contributed by atoms with Gasteiger partial charge in [0.2, 0.25) is 0 Å². The topological polar surface area (TPSA) is 95.9 Å². The van der Waals surface area contributed by atoms with Crippen molar-refractivity contribution < 1.29 is 9.53 Å². The number of hydrogen-bond donors (Lipinski definition) is 1. The van der Waals surface area contributed by atoms with Crippen molar-refractivity contribution in [1.82, 2.24) is 19.7 Å². The number of pyridine rings is 2. The first kappa shape index (κ1) is 11.4. The van der Waals surface area contributed by atoms with Crippen LogP contribution in [0.15, 0.2) is 18.5 Å². The van der Waals surface area contributed by atoms with Crippen molar-refractivity contribution in [3.8, 4) is 0 Å². The second-order valence-corrected chi connectivity index (χ2v) is 4.11. The Balaban J connectivity index is 2.43. The normalized spacial score (nSPS) is 11.1. The largest absolute Gasteiger partial charge is 0.465 e. The highest BCUT2D eigenvalue weighted by atomic mass is 16.5. The highest BCUT2D eigenvalue weighted by Gasteiger charge is 2.14. The quantitative estimate of drug-likeness (QED) is 0.650. The summed E-state index contributed by atoms with van der Waals surface area (Å²) in [5.74, 6) is -0.0736. The Morgan fingerprint density at radius 1 is 1.37 bits per heavy atom. The lowest BCUT2D eigenvalue weighted by atomic mass is 10.1. The van der Waals surface area contributed by atoms with Crippen LogP contribution in [0.25, 0.3) is 21.9 Å². The van der Waals surface area contributed by atoms with Crippen molar-refractivity contribution in [2.24, 2.45) is 7.05 Å². The van der Waals surface area contributed by atoms with Gasteiger partial charge in [0, 0.05) is 18.6 Å². The van der Waals surface area contributed by atoms with Crippen molar-refractivity contribution in [2.45, 2.75) is 0 Å². The number of ether oxygens (including phenoxy) is 1. The van der Waals surface area contributed by atoms with E-state index in [0.717, 1.165) is 10.9 Å². The van der Waals surface area contributed by atoms with Gasteiger partial charge >= 0.3 is 5.97 Å². The number of fused-ring (bicyclic) bond motifs is 3. The van der Waals surface area contributed by atoms with Crippen molar-refractivity contribution >= 4 is 33.7 Å². The molecule has 3 heterocycles. The van der Waals surface area contributed by atoms with Gasteiger partial charge in [0.1, 0.15) is 5.82 Å². The van der Waals surface area contributed by atoms with E-state index in [-0.39, 0.29) is 0 Å². The molecule has 0 aliphatic rings. The lowest BCUT2D eigenvalue weighted by Crippen LogP contribution is -2.03. The van der Waals surface area contributed by atoms with Gasteiger partial charge in [0.15, 0.2) is 5.65 Å². The minimum absolute atomic E-state index is 0.365. The summed E-state index contributed by atoms with van der Waals surface area (Å²) >= 11 is 0. The highest BCUT2D eigenvalue weighted by Crippen LogP contribution is 2.26. The van der Waals surface area contributed by atoms with E-state index in [1.807, 2.05) is 0 Å². The molecule has 0 atom stereocenters. The van der Waals surface area contributed by atoms with Crippen molar-refractivity contribution in [3.05, 3.63) is 24.0 Å². The van der Waals surface area contributed by atoms with Gasteiger partial charge in [-0.15, -0.1) is 0 Å². The maximum Gasteiger partial charge on any atom is 0.339 e. The molecule has 3 rings (SSSR count). The fraction of sp³-hybridized carbons (Fsp3) is 0.167. The van der Waals surface area contributed by atoms with Gasteiger partial charge < -0.3 is 10.5 Å². The van der Waals surface area contributed by atoms with Gasteiger partial charge in [-0.2, -0.15) is 5.10 Å². The molecule has 0 radical (unpaired) electrons. The molecule has 0 unspecified atom stereocenters. The van der Waals surface area contributed by atoms with Crippen LogP contribution in [0.2, 0.25) is 0 Å². The van der Waals surface area contributed by atoms with Gasteiger partial charge in [0.25, 0.3) is 0 Å². The minimum Gasteiger partial charge on any atom is -0.465 e. The Kier molecular flexibility index (Phi) is 2.34. The zero-order valence-corrected chi connectivity index (χ0v) is 10.4. The fourth-order valence-corrected chi connectivity index (χ4v) is 2.07. The molecule has 2 N–H and O–H groups in total. The molecule has 0 aliphatic carbocycles. The number of carbonyl (C=O) groups is 1. The number of rotatable bonds is 1. The second kappa shape index (κ2) is 3.91. The molecular weight excluding hydrogens is 246 g/mol. The molecular formula is C12H11N5O2. The van der Waals surface area contributed by atoms with Crippen molar-refractivity contribution in [3.63, 3.8) is 0 Å². The molecule has 0 spiro atoms. The summed E-state index contributed by atoms with van der Waals surface area (Å²) < 4.78 is 6.37. The Morgan fingerprint density at radius 3 is 2.89 bits per heavy atom. The molecule has 0 aromatic carbocycles. The SMILES string of the molecule is COC(=O)c1cnc2nc(N)c3cnn(C)c3c2c1. The Hall–Kier alpha value is -2.70. The predicted octanol–water partition coefficient (Wildman–Crippen LogP) is 0.885. The molecule has 0 amide bonds. The molecule has 7 nitrogen and oxygen atoms in total. The Bertz CT molecular complexity index is 809. The predicted molar refractivity (Wildman–Crippen MR) is 69.6 cm³/mol. The second-order valence-electron chi connectivity index (χ2n) is 4.11. The summed E-state index contributed by atoms with van der Waals surface area (Å²) in [5.41, 5.74) is 7.49. The van der Waals surface area contributed by atoms with E-state index >= 15 is 0 Å². The van der Waals surface area contributed by atoms with E-state index in [1.54, 1.807) is 24.0 Å². The van der Waals surface area contributed by atoms with Gasteiger partial charge in [0.05, 0.1) is 29.8 Å². The third kappa shape index (κ3) is 1.59. The molecule has 3 aromatic heterocycles. The number of aromatic nitrogens is 4. The van der Waals surface area contributed by atoms with Crippen LogP contribution in [0.1, 0.15) is 10.4 Å². The minimum atomic E-state index is -0.443. The van der Waals surface area contributed by atoms with Crippen LogP contribution in [0.4, 0.5) is 5.82 Å². The van der Waals surface area contributed by atoms with Crippen LogP contribution in [0, 0.1) is 0 Å². The average molecular weight is 257 g/mol. The maximum absolute atomic E-state index is 11.6. The average Bonchev–Trinajstić information content (AvgIpc) is 2.81. The van der Waals surface area contributed by atoms with Gasteiger partial charge in [-0.3, -0.25) is 4.68 Å². The lowest BCUT2D eigenvalue weighted by molar-refractivity contribution is 0.0600. The molecule has 3 aromatic rings. The number of hydrogen-bond acceptors (Lipinski definition) is 6. The zero-order chi connectivity index (χ0) is 13.6. The van der Waals surface area contributed by atoms with Gasteiger partial charge in [-0.25, -0.2) is 14.8 Å². The highest BCUT2D eigenvalue weighted by molar-refractivity contribution is 6.08. The number of carbonyl (C=O) groups excluding carboxylic acids is 1. The van der Waals surface area contributed by atoms with Gasteiger partial charge in [-0.05, 0) is 6.07 Å². The molecule has 96 valence electrons. The van der Waals surface area contributed by atoms with Crippen LogP contribution in [-0.2, 0) is 11.8 Å². The van der Waals surface area contributed by atoms with E-state index in [9.17, 15) is 4.79 Å².